The van der Waals surface area contributed by atoms with Gasteiger partial charge in [-0.05, 0) is 25.6 Å². The number of piperazine rings is 1. The molecule has 80 valence electrons. The topological polar surface area (TPSA) is 45.4 Å². The highest BCUT2D eigenvalue weighted by atomic mass is 15.3. The zero-order valence-electron chi connectivity index (χ0n) is 8.93. The number of hydrogen-bond acceptors (Lipinski definition) is 4. The number of rotatable bonds is 1. The Kier molecular flexibility index (Phi) is 1.85. The van der Waals surface area contributed by atoms with E-state index in [0.717, 1.165) is 18.8 Å². The first-order chi connectivity index (χ1) is 7.25. The fourth-order valence-electron chi connectivity index (χ4n) is 2.67. The van der Waals surface area contributed by atoms with Crippen molar-refractivity contribution in [3.63, 3.8) is 0 Å². The van der Waals surface area contributed by atoms with E-state index in [0.29, 0.717) is 17.9 Å². The predicted octanol–water partition coefficient (Wildman–Crippen LogP) is 0.557. The van der Waals surface area contributed by atoms with E-state index < -0.39 is 0 Å². The maximum Gasteiger partial charge on any atom is 0.146 e. The largest absolute Gasteiger partial charge is 0.382 e. The fraction of sp³-hybridized carbons (Fsp3) is 0.545. The lowest BCUT2D eigenvalue weighted by molar-refractivity contribution is 0.0264. The van der Waals surface area contributed by atoms with Crippen LogP contribution in [0.4, 0.5) is 11.5 Å². The third-order valence-corrected chi connectivity index (χ3v) is 3.72. The number of nitrogens with two attached hydrogens (primary N) is 1. The molecular weight excluding hydrogens is 188 g/mol. The smallest absolute Gasteiger partial charge is 0.146 e. The van der Waals surface area contributed by atoms with E-state index >= 15 is 0 Å². The molecule has 2 unspecified atom stereocenters. The van der Waals surface area contributed by atoms with Gasteiger partial charge in [-0.1, -0.05) is 0 Å². The Balaban J connectivity index is 1.83. The van der Waals surface area contributed by atoms with E-state index in [4.69, 9.17) is 5.73 Å². The van der Waals surface area contributed by atoms with Gasteiger partial charge in [-0.3, -0.25) is 4.90 Å². The molecule has 0 aliphatic carbocycles. The number of fused-ring (bicyclic) bond motifs is 2. The lowest BCUT2D eigenvalue weighted by atomic mass is 9.88. The predicted molar refractivity (Wildman–Crippen MR) is 60.8 cm³/mol. The van der Waals surface area contributed by atoms with Crippen LogP contribution in [0.15, 0.2) is 18.3 Å². The van der Waals surface area contributed by atoms with Crippen molar-refractivity contribution in [2.24, 2.45) is 0 Å². The van der Waals surface area contributed by atoms with Gasteiger partial charge < -0.3 is 10.6 Å². The van der Waals surface area contributed by atoms with Gasteiger partial charge in [0.15, 0.2) is 0 Å². The third kappa shape index (κ3) is 1.28. The number of pyridine rings is 1. The molecule has 4 heterocycles. The molecule has 1 aromatic heterocycles. The quantitative estimate of drug-likeness (QED) is 0.726. The molecule has 3 fully saturated rings. The summed E-state index contributed by atoms with van der Waals surface area (Å²) >= 11 is 0. The first kappa shape index (κ1) is 8.97. The highest BCUT2D eigenvalue weighted by Crippen LogP contribution is 2.34. The molecule has 2 N–H and O–H groups in total. The van der Waals surface area contributed by atoms with Crippen LogP contribution < -0.4 is 10.6 Å². The summed E-state index contributed by atoms with van der Waals surface area (Å²) in [5.74, 6) is 0.654. The minimum Gasteiger partial charge on any atom is -0.382 e. The Morgan fingerprint density at radius 3 is 2.73 bits per heavy atom. The second-order valence-electron chi connectivity index (χ2n) is 4.52. The van der Waals surface area contributed by atoms with Gasteiger partial charge in [0.1, 0.15) is 5.82 Å². The van der Waals surface area contributed by atoms with Gasteiger partial charge in [0.05, 0.1) is 5.69 Å². The van der Waals surface area contributed by atoms with Crippen molar-refractivity contribution in [2.75, 3.05) is 30.8 Å². The number of piperidine rings is 1. The maximum absolute atomic E-state index is 5.88. The van der Waals surface area contributed by atoms with Crippen molar-refractivity contribution < 1.29 is 0 Å². The first-order valence-electron chi connectivity index (χ1n) is 5.43. The van der Waals surface area contributed by atoms with Gasteiger partial charge >= 0.3 is 0 Å². The molecule has 0 aromatic carbocycles. The summed E-state index contributed by atoms with van der Waals surface area (Å²) in [6.45, 7) is 2.17. The molecule has 4 heteroatoms. The molecule has 15 heavy (non-hydrogen) atoms. The van der Waals surface area contributed by atoms with Crippen LogP contribution in [0.2, 0.25) is 0 Å². The molecule has 3 aliphatic heterocycles. The van der Waals surface area contributed by atoms with Gasteiger partial charge in [-0.25, -0.2) is 4.98 Å². The van der Waals surface area contributed by atoms with Gasteiger partial charge in [-0.15, -0.1) is 0 Å². The Labute approximate surface area is 89.7 Å². The molecule has 2 bridgehead atoms. The second kappa shape index (κ2) is 3.10. The third-order valence-electron chi connectivity index (χ3n) is 3.72. The summed E-state index contributed by atoms with van der Waals surface area (Å²) in [5, 5.41) is 0. The minimum absolute atomic E-state index is 0.654. The van der Waals surface area contributed by atoms with E-state index in [1.54, 1.807) is 6.20 Å². The summed E-state index contributed by atoms with van der Waals surface area (Å²) < 4.78 is 0. The zero-order valence-corrected chi connectivity index (χ0v) is 8.93. The van der Waals surface area contributed by atoms with Crippen molar-refractivity contribution in [3.05, 3.63) is 18.3 Å². The minimum atomic E-state index is 0.654. The molecule has 3 saturated heterocycles. The second-order valence-corrected chi connectivity index (χ2v) is 4.52. The normalized spacial score (nSPS) is 30.1. The number of hydrogen-bond donors (Lipinski definition) is 1. The summed E-state index contributed by atoms with van der Waals surface area (Å²) in [6.07, 6.45) is 3.09. The molecule has 0 spiro atoms. The number of nitrogens with zero attached hydrogens (tertiary/aromatic N) is 3. The number of anilines is 2. The lowest BCUT2D eigenvalue weighted by Gasteiger charge is -2.55. The van der Waals surface area contributed by atoms with Crippen LogP contribution in [0.3, 0.4) is 0 Å². The van der Waals surface area contributed by atoms with Crippen LogP contribution in [-0.4, -0.2) is 42.1 Å². The summed E-state index contributed by atoms with van der Waals surface area (Å²) in [7, 11) is 2.21. The van der Waals surface area contributed by atoms with Crippen LogP contribution >= 0.6 is 0 Å². The van der Waals surface area contributed by atoms with E-state index in [-0.39, 0.29) is 0 Å². The molecule has 4 rings (SSSR count). The summed E-state index contributed by atoms with van der Waals surface area (Å²) in [5.41, 5.74) is 6.98. The van der Waals surface area contributed by atoms with E-state index in [2.05, 4.69) is 27.9 Å². The summed E-state index contributed by atoms with van der Waals surface area (Å²) in [4.78, 5) is 8.96. The Hall–Kier alpha value is -1.29. The van der Waals surface area contributed by atoms with Gasteiger partial charge in [0.25, 0.3) is 0 Å². The highest BCUT2D eigenvalue weighted by molar-refractivity contribution is 5.63. The van der Waals surface area contributed by atoms with Crippen molar-refractivity contribution in [2.45, 2.75) is 18.5 Å². The Morgan fingerprint density at radius 2 is 2.13 bits per heavy atom. The molecule has 0 saturated carbocycles. The average molecular weight is 204 g/mol. The monoisotopic (exact) mass is 204 g/mol. The molecular formula is C11H16N4. The molecule has 4 nitrogen and oxygen atoms in total. The lowest BCUT2D eigenvalue weighted by Crippen LogP contribution is -2.67. The van der Waals surface area contributed by atoms with E-state index in [1.807, 2.05) is 6.07 Å². The molecule has 0 radical (unpaired) electrons. The number of aromatic nitrogens is 1. The van der Waals surface area contributed by atoms with Crippen LogP contribution in [0.5, 0.6) is 0 Å². The van der Waals surface area contributed by atoms with Crippen LogP contribution in [-0.2, 0) is 0 Å². The SMILES string of the molecule is CN1C2CC1CN(c1cccnc1N)C2. The highest BCUT2D eigenvalue weighted by Gasteiger charge is 2.42. The average Bonchev–Trinajstić information content (AvgIpc) is 2.29. The van der Waals surface area contributed by atoms with Gasteiger partial charge in [-0.2, -0.15) is 0 Å². The van der Waals surface area contributed by atoms with Crippen molar-refractivity contribution in [1.82, 2.24) is 9.88 Å². The summed E-state index contributed by atoms with van der Waals surface area (Å²) in [6, 6.07) is 5.44. The van der Waals surface area contributed by atoms with Crippen LogP contribution in [0.25, 0.3) is 0 Å². The Bertz CT molecular complexity index is 367. The molecule has 2 atom stereocenters. The maximum atomic E-state index is 5.88. The van der Waals surface area contributed by atoms with E-state index in [9.17, 15) is 0 Å². The Morgan fingerprint density at radius 1 is 1.40 bits per heavy atom. The van der Waals surface area contributed by atoms with Crippen molar-refractivity contribution in [1.29, 1.82) is 0 Å². The van der Waals surface area contributed by atoms with Crippen molar-refractivity contribution >= 4 is 11.5 Å². The first-order valence-corrected chi connectivity index (χ1v) is 5.43. The van der Waals surface area contributed by atoms with Gasteiger partial charge in [0.2, 0.25) is 0 Å². The molecule has 0 amide bonds. The number of likely N-dealkylation sites (N-methyl/N-ethyl adjacent to an activating group) is 1. The number of nitrogen functional groups attached to an aromatic ring is 1. The van der Waals surface area contributed by atoms with Crippen LogP contribution in [0.1, 0.15) is 6.42 Å². The van der Waals surface area contributed by atoms with Crippen LogP contribution in [0, 0.1) is 0 Å². The molecule has 3 aliphatic rings. The fourth-order valence-corrected chi connectivity index (χ4v) is 2.67. The van der Waals surface area contributed by atoms with E-state index in [1.165, 1.54) is 6.42 Å². The standard InChI is InChI=1S/C11H16N4/c1-14-8-5-9(14)7-15(6-8)10-3-2-4-13-11(10)12/h2-4,8-9H,5-7H2,1H3,(H2,12,13). The zero-order chi connectivity index (χ0) is 10.4. The van der Waals surface area contributed by atoms with Crippen molar-refractivity contribution in [3.8, 4) is 0 Å². The molecule has 1 aromatic rings. The van der Waals surface area contributed by atoms with Gasteiger partial charge in [0, 0.05) is 31.4 Å².